The molecule has 6 nitrogen and oxygen atoms in total. The molecule has 2 aromatic rings. The predicted octanol–water partition coefficient (Wildman–Crippen LogP) is 3.89. The first-order valence-corrected chi connectivity index (χ1v) is 11.4. The van der Waals surface area contributed by atoms with Crippen molar-refractivity contribution in [2.24, 2.45) is 0 Å². The van der Waals surface area contributed by atoms with Crippen LogP contribution in [0, 0.1) is 0 Å². The Kier molecular flexibility index (Phi) is 7.20. The van der Waals surface area contributed by atoms with Gasteiger partial charge in [-0.1, -0.05) is 41.9 Å². The molecule has 0 radical (unpaired) electrons. The molecular weight excluding hydrogens is 412 g/mol. The Labute approximate surface area is 189 Å². The van der Waals surface area contributed by atoms with Gasteiger partial charge in [0.15, 0.2) is 0 Å². The van der Waals surface area contributed by atoms with Crippen LogP contribution in [0.5, 0.6) is 5.75 Å². The van der Waals surface area contributed by atoms with E-state index in [2.05, 4.69) is 44.7 Å². The smallest absolute Gasteiger partial charge is 0.315 e. The summed E-state index contributed by atoms with van der Waals surface area (Å²) in [6.07, 6.45) is 2.87. The zero-order valence-corrected chi connectivity index (χ0v) is 18.8. The third kappa shape index (κ3) is 5.83. The number of methoxy groups -OCH3 is 1. The van der Waals surface area contributed by atoms with Crippen LogP contribution < -0.4 is 20.3 Å². The molecule has 0 spiro atoms. The van der Waals surface area contributed by atoms with Crippen molar-refractivity contribution in [3.8, 4) is 5.75 Å². The molecule has 1 atom stereocenters. The second-order valence-corrected chi connectivity index (χ2v) is 8.84. The van der Waals surface area contributed by atoms with E-state index in [9.17, 15) is 4.79 Å². The largest absolute Gasteiger partial charge is 0.495 e. The molecule has 2 saturated heterocycles. The summed E-state index contributed by atoms with van der Waals surface area (Å²) in [6, 6.07) is 16.5. The van der Waals surface area contributed by atoms with Gasteiger partial charge in [0.1, 0.15) is 5.75 Å². The van der Waals surface area contributed by atoms with Crippen LogP contribution in [-0.4, -0.2) is 56.3 Å². The zero-order valence-electron chi connectivity index (χ0n) is 18.0. The molecule has 0 saturated carbocycles. The second-order valence-electron chi connectivity index (χ2n) is 8.40. The van der Waals surface area contributed by atoms with Crippen LogP contribution in [0.25, 0.3) is 0 Å². The third-order valence-electron chi connectivity index (χ3n) is 6.18. The summed E-state index contributed by atoms with van der Waals surface area (Å²) in [5.74, 6) is 0.803. The average Bonchev–Trinajstić information content (AvgIpc) is 3.24. The maximum Gasteiger partial charge on any atom is 0.315 e. The van der Waals surface area contributed by atoms with E-state index in [1.165, 1.54) is 5.56 Å². The molecule has 0 aliphatic carbocycles. The van der Waals surface area contributed by atoms with Gasteiger partial charge in [0, 0.05) is 49.8 Å². The molecule has 2 fully saturated rings. The highest BCUT2D eigenvalue weighted by atomic mass is 35.5. The van der Waals surface area contributed by atoms with Crippen LogP contribution >= 0.6 is 11.6 Å². The lowest BCUT2D eigenvalue weighted by Crippen LogP contribution is -2.50. The van der Waals surface area contributed by atoms with Crippen molar-refractivity contribution in [2.75, 3.05) is 38.2 Å². The van der Waals surface area contributed by atoms with Crippen molar-refractivity contribution >= 4 is 23.3 Å². The number of rotatable bonds is 6. The molecule has 4 rings (SSSR count). The quantitative estimate of drug-likeness (QED) is 0.712. The number of anilines is 1. The minimum absolute atomic E-state index is 0.0635. The number of benzene rings is 2. The Morgan fingerprint density at radius 3 is 2.48 bits per heavy atom. The fourth-order valence-electron chi connectivity index (χ4n) is 4.50. The summed E-state index contributed by atoms with van der Waals surface area (Å²) < 4.78 is 5.47. The van der Waals surface area contributed by atoms with Gasteiger partial charge in [-0.25, -0.2) is 4.79 Å². The Morgan fingerprint density at radius 1 is 1.03 bits per heavy atom. The first-order chi connectivity index (χ1) is 15.1. The van der Waals surface area contributed by atoms with E-state index >= 15 is 0 Å². The number of ether oxygens (including phenoxy) is 1. The van der Waals surface area contributed by atoms with E-state index < -0.39 is 0 Å². The number of piperidine rings is 1. The van der Waals surface area contributed by atoms with Gasteiger partial charge in [0.05, 0.1) is 12.8 Å². The number of urea groups is 1. The van der Waals surface area contributed by atoms with E-state index in [1.807, 2.05) is 24.3 Å². The number of likely N-dealkylation sites (tertiary alicyclic amines) is 1. The third-order valence-corrected chi connectivity index (χ3v) is 6.41. The minimum atomic E-state index is -0.0635. The van der Waals surface area contributed by atoms with Crippen molar-refractivity contribution in [2.45, 2.75) is 37.9 Å². The van der Waals surface area contributed by atoms with Crippen LogP contribution in [0.15, 0.2) is 48.5 Å². The molecule has 0 bridgehead atoms. The molecule has 2 aliphatic heterocycles. The molecule has 7 heteroatoms. The highest BCUT2D eigenvalue weighted by molar-refractivity contribution is 6.30. The van der Waals surface area contributed by atoms with Crippen LogP contribution in [0.1, 0.15) is 24.8 Å². The van der Waals surface area contributed by atoms with Crippen LogP contribution in [0.4, 0.5) is 10.5 Å². The molecule has 1 unspecified atom stereocenters. The van der Waals surface area contributed by atoms with Gasteiger partial charge >= 0.3 is 6.03 Å². The number of nitrogens with one attached hydrogen (secondary N) is 2. The average molecular weight is 443 g/mol. The van der Waals surface area contributed by atoms with Gasteiger partial charge < -0.3 is 20.3 Å². The first-order valence-electron chi connectivity index (χ1n) is 11.0. The summed E-state index contributed by atoms with van der Waals surface area (Å²) >= 11 is 6.17. The van der Waals surface area contributed by atoms with Crippen molar-refractivity contribution in [1.29, 1.82) is 0 Å². The van der Waals surface area contributed by atoms with Crippen molar-refractivity contribution in [3.63, 3.8) is 0 Å². The lowest BCUT2D eigenvalue weighted by Gasteiger charge is -2.32. The number of amides is 2. The number of hydrogen-bond acceptors (Lipinski definition) is 4. The van der Waals surface area contributed by atoms with Gasteiger partial charge in [0.25, 0.3) is 0 Å². The zero-order chi connectivity index (χ0) is 21.6. The molecule has 31 heavy (non-hydrogen) atoms. The molecule has 2 heterocycles. The minimum Gasteiger partial charge on any atom is -0.495 e. The lowest BCUT2D eigenvalue weighted by molar-refractivity contribution is 0.186. The maximum absolute atomic E-state index is 12.6. The van der Waals surface area contributed by atoms with Crippen LogP contribution in [0.2, 0.25) is 5.02 Å². The van der Waals surface area contributed by atoms with Crippen molar-refractivity contribution in [1.82, 2.24) is 15.5 Å². The number of halogens is 1. The van der Waals surface area contributed by atoms with Crippen molar-refractivity contribution in [3.05, 3.63) is 59.1 Å². The van der Waals surface area contributed by atoms with Crippen LogP contribution in [0.3, 0.4) is 0 Å². The second kappa shape index (κ2) is 10.2. The van der Waals surface area contributed by atoms with Crippen molar-refractivity contribution < 1.29 is 9.53 Å². The normalized spacial score (nSPS) is 19.9. The van der Waals surface area contributed by atoms with E-state index in [0.29, 0.717) is 5.02 Å². The van der Waals surface area contributed by atoms with E-state index in [0.717, 1.165) is 63.4 Å². The molecule has 2 N–H and O–H groups in total. The number of carbonyl (C=O) groups excluding carboxylic acids is 1. The summed E-state index contributed by atoms with van der Waals surface area (Å²) in [4.78, 5) is 17.2. The summed E-state index contributed by atoms with van der Waals surface area (Å²) in [7, 11) is 1.66. The molecule has 166 valence electrons. The maximum atomic E-state index is 12.6. The van der Waals surface area contributed by atoms with E-state index in [-0.39, 0.29) is 18.1 Å². The van der Waals surface area contributed by atoms with Gasteiger partial charge in [-0.05, 0) is 43.0 Å². The van der Waals surface area contributed by atoms with Gasteiger partial charge in [-0.3, -0.25) is 4.90 Å². The summed E-state index contributed by atoms with van der Waals surface area (Å²) in [6.45, 7) is 4.60. The fourth-order valence-corrected chi connectivity index (χ4v) is 4.66. The van der Waals surface area contributed by atoms with Gasteiger partial charge in [-0.15, -0.1) is 0 Å². The fraction of sp³-hybridized carbons (Fsp3) is 0.458. The first kappa shape index (κ1) is 21.8. The highest BCUT2D eigenvalue weighted by Crippen LogP contribution is 2.33. The van der Waals surface area contributed by atoms with E-state index in [4.69, 9.17) is 16.3 Å². The molecule has 2 aliphatic rings. The Morgan fingerprint density at radius 2 is 1.74 bits per heavy atom. The number of carbonyl (C=O) groups is 1. The van der Waals surface area contributed by atoms with Crippen LogP contribution in [-0.2, 0) is 6.54 Å². The summed E-state index contributed by atoms with van der Waals surface area (Å²) in [5.41, 5.74) is 2.32. The molecule has 2 aromatic carbocycles. The van der Waals surface area contributed by atoms with E-state index in [1.54, 1.807) is 7.11 Å². The van der Waals surface area contributed by atoms with Gasteiger partial charge in [-0.2, -0.15) is 0 Å². The highest BCUT2D eigenvalue weighted by Gasteiger charge is 2.27. The Balaban J connectivity index is 1.21. The molecule has 0 aromatic heterocycles. The standard InChI is InChI=1S/C24H31ClN4O2/c1-31-23-8-7-19(25)15-22(23)29-14-11-21(17-29)27-24(30)26-20-9-12-28(13-10-20)16-18-5-3-2-4-6-18/h2-8,15,20-21H,9-14,16-17H2,1H3,(H2,26,27,30). The predicted molar refractivity (Wildman–Crippen MR) is 125 cm³/mol. The topological polar surface area (TPSA) is 56.8 Å². The summed E-state index contributed by atoms with van der Waals surface area (Å²) in [5, 5.41) is 7.01. The number of hydrogen-bond donors (Lipinski definition) is 2. The molecule has 2 amide bonds. The molecular formula is C24H31ClN4O2. The Bertz CT molecular complexity index is 871. The SMILES string of the molecule is COc1ccc(Cl)cc1N1CCC(NC(=O)NC2CCN(Cc3ccccc3)CC2)C1. The monoisotopic (exact) mass is 442 g/mol. The lowest BCUT2D eigenvalue weighted by atomic mass is 10.0. The Hall–Kier alpha value is -2.44. The number of nitrogens with zero attached hydrogens (tertiary/aromatic N) is 2. The van der Waals surface area contributed by atoms with Gasteiger partial charge in [0.2, 0.25) is 0 Å².